The lowest BCUT2D eigenvalue weighted by Crippen LogP contribution is -2.17. The molecule has 3 heteroatoms. The second-order valence-corrected chi connectivity index (χ2v) is 6.16. The van der Waals surface area contributed by atoms with Gasteiger partial charge in [0.25, 0.3) is 0 Å². The second kappa shape index (κ2) is 5.89. The molecule has 2 nitrogen and oxygen atoms in total. The van der Waals surface area contributed by atoms with Crippen molar-refractivity contribution in [3.05, 3.63) is 29.8 Å². The van der Waals surface area contributed by atoms with Gasteiger partial charge < -0.3 is 10.5 Å². The minimum absolute atomic E-state index is 0.233. The van der Waals surface area contributed by atoms with Gasteiger partial charge in [-0.15, -0.1) is 11.8 Å². The highest BCUT2D eigenvalue weighted by atomic mass is 32.2. The van der Waals surface area contributed by atoms with E-state index in [1.807, 2.05) is 18.7 Å². The Morgan fingerprint density at radius 1 is 1.41 bits per heavy atom. The summed E-state index contributed by atoms with van der Waals surface area (Å²) in [5, 5.41) is 0.606. The van der Waals surface area contributed by atoms with E-state index in [0.717, 1.165) is 19.4 Å². The lowest BCUT2D eigenvalue weighted by molar-refractivity contribution is 0.127. The first-order valence-corrected chi connectivity index (χ1v) is 7.16. The molecular weight excluding hydrogens is 230 g/mol. The van der Waals surface area contributed by atoms with E-state index in [4.69, 9.17) is 10.5 Å². The van der Waals surface area contributed by atoms with E-state index < -0.39 is 0 Å². The van der Waals surface area contributed by atoms with E-state index in [1.54, 1.807) is 0 Å². The average molecular weight is 251 g/mol. The Hall–Kier alpha value is -0.510. The highest BCUT2D eigenvalue weighted by Gasteiger charge is 2.24. The van der Waals surface area contributed by atoms with Gasteiger partial charge in [-0.05, 0) is 44.4 Å². The zero-order valence-electron chi connectivity index (χ0n) is 10.6. The van der Waals surface area contributed by atoms with Crippen molar-refractivity contribution in [2.75, 3.05) is 6.61 Å². The summed E-state index contributed by atoms with van der Waals surface area (Å²) in [4.78, 5) is 1.33. The summed E-state index contributed by atoms with van der Waals surface area (Å²) in [6, 6.07) is 9.01. The largest absolute Gasteiger partial charge is 0.377 e. The molecular formula is C14H21NOS. The molecule has 1 aromatic carbocycles. The van der Waals surface area contributed by atoms with Gasteiger partial charge in [0.15, 0.2) is 0 Å². The fourth-order valence-corrected chi connectivity index (χ4v) is 3.24. The van der Waals surface area contributed by atoms with Crippen LogP contribution in [0.4, 0.5) is 0 Å². The molecule has 0 aromatic heterocycles. The van der Waals surface area contributed by atoms with Crippen LogP contribution < -0.4 is 5.73 Å². The van der Waals surface area contributed by atoms with Gasteiger partial charge in [0.05, 0.1) is 6.10 Å². The first-order chi connectivity index (χ1) is 8.15. The number of nitrogens with two attached hydrogens (primary N) is 1. The number of benzene rings is 1. The number of thioether (sulfide) groups is 1. The van der Waals surface area contributed by atoms with Crippen LogP contribution in [0.3, 0.4) is 0 Å². The SMILES string of the molecule is CC(N)Cc1ccc(SC2CCOC2C)cc1. The van der Waals surface area contributed by atoms with Crippen molar-refractivity contribution in [1.29, 1.82) is 0 Å². The van der Waals surface area contributed by atoms with Crippen LogP contribution in [0.2, 0.25) is 0 Å². The van der Waals surface area contributed by atoms with Crippen LogP contribution in [-0.4, -0.2) is 24.0 Å². The molecule has 1 fully saturated rings. The van der Waals surface area contributed by atoms with E-state index >= 15 is 0 Å². The normalized spacial score (nSPS) is 26.1. The van der Waals surface area contributed by atoms with Gasteiger partial charge >= 0.3 is 0 Å². The van der Waals surface area contributed by atoms with Gasteiger partial charge in [-0.25, -0.2) is 0 Å². The van der Waals surface area contributed by atoms with E-state index in [0.29, 0.717) is 11.4 Å². The molecule has 1 aliphatic rings. The summed E-state index contributed by atoms with van der Waals surface area (Å²) in [6.45, 7) is 5.11. The van der Waals surface area contributed by atoms with Crippen LogP contribution in [0.1, 0.15) is 25.8 Å². The smallest absolute Gasteiger partial charge is 0.0669 e. The zero-order valence-corrected chi connectivity index (χ0v) is 11.4. The topological polar surface area (TPSA) is 35.2 Å². The third-order valence-corrected chi connectivity index (χ3v) is 4.54. The Morgan fingerprint density at radius 2 is 2.12 bits per heavy atom. The molecule has 2 N–H and O–H groups in total. The molecule has 3 atom stereocenters. The summed E-state index contributed by atoms with van der Waals surface area (Å²) in [7, 11) is 0. The van der Waals surface area contributed by atoms with Crippen molar-refractivity contribution < 1.29 is 4.74 Å². The van der Waals surface area contributed by atoms with Crippen LogP contribution in [0.15, 0.2) is 29.2 Å². The van der Waals surface area contributed by atoms with Crippen molar-refractivity contribution in [2.45, 2.75) is 49.0 Å². The van der Waals surface area contributed by atoms with Crippen molar-refractivity contribution in [3.8, 4) is 0 Å². The molecule has 0 radical (unpaired) electrons. The van der Waals surface area contributed by atoms with Crippen molar-refractivity contribution in [1.82, 2.24) is 0 Å². The van der Waals surface area contributed by atoms with Crippen LogP contribution in [0.25, 0.3) is 0 Å². The van der Waals surface area contributed by atoms with Crippen LogP contribution >= 0.6 is 11.8 Å². The third kappa shape index (κ3) is 3.73. The van der Waals surface area contributed by atoms with Crippen molar-refractivity contribution in [3.63, 3.8) is 0 Å². The van der Waals surface area contributed by atoms with E-state index in [2.05, 4.69) is 31.2 Å². The van der Waals surface area contributed by atoms with Crippen LogP contribution in [-0.2, 0) is 11.2 Å². The molecule has 3 unspecified atom stereocenters. The average Bonchev–Trinajstić information content (AvgIpc) is 2.67. The zero-order chi connectivity index (χ0) is 12.3. The van der Waals surface area contributed by atoms with Gasteiger partial charge in [-0.3, -0.25) is 0 Å². The highest BCUT2D eigenvalue weighted by molar-refractivity contribution is 8.00. The molecule has 0 aliphatic carbocycles. The maximum atomic E-state index is 5.79. The maximum absolute atomic E-state index is 5.79. The number of hydrogen-bond acceptors (Lipinski definition) is 3. The van der Waals surface area contributed by atoms with E-state index in [9.17, 15) is 0 Å². The minimum atomic E-state index is 0.233. The summed E-state index contributed by atoms with van der Waals surface area (Å²) >= 11 is 1.93. The Bertz CT molecular complexity index is 350. The highest BCUT2D eigenvalue weighted by Crippen LogP contribution is 2.32. The minimum Gasteiger partial charge on any atom is -0.377 e. The Morgan fingerprint density at radius 3 is 2.65 bits per heavy atom. The molecule has 0 spiro atoms. The molecule has 94 valence electrons. The molecule has 0 amide bonds. The second-order valence-electron chi connectivity index (χ2n) is 4.85. The number of ether oxygens (including phenoxy) is 1. The fraction of sp³-hybridized carbons (Fsp3) is 0.571. The molecule has 1 aliphatic heterocycles. The standard InChI is InChI=1S/C14H21NOS/c1-10(15)9-12-3-5-13(6-4-12)17-14-7-8-16-11(14)2/h3-6,10-11,14H,7-9,15H2,1-2H3. The number of hydrogen-bond donors (Lipinski definition) is 1. The van der Waals surface area contributed by atoms with Gasteiger partial charge in [0, 0.05) is 22.8 Å². The monoisotopic (exact) mass is 251 g/mol. The lowest BCUT2D eigenvalue weighted by atomic mass is 10.1. The van der Waals surface area contributed by atoms with Crippen molar-refractivity contribution >= 4 is 11.8 Å². The first kappa shape index (κ1) is 12.9. The van der Waals surface area contributed by atoms with E-state index in [1.165, 1.54) is 10.5 Å². The predicted molar refractivity (Wildman–Crippen MR) is 73.5 cm³/mol. The van der Waals surface area contributed by atoms with Crippen molar-refractivity contribution in [2.24, 2.45) is 5.73 Å². The molecule has 1 saturated heterocycles. The summed E-state index contributed by atoms with van der Waals surface area (Å²) in [5.74, 6) is 0. The fourth-order valence-electron chi connectivity index (χ4n) is 2.12. The molecule has 1 aromatic rings. The molecule has 0 saturated carbocycles. The van der Waals surface area contributed by atoms with E-state index in [-0.39, 0.29) is 6.04 Å². The lowest BCUT2D eigenvalue weighted by Gasteiger charge is -2.13. The number of rotatable bonds is 4. The third-order valence-electron chi connectivity index (χ3n) is 3.08. The van der Waals surface area contributed by atoms with Gasteiger partial charge in [-0.1, -0.05) is 12.1 Å². The summed E-state index contributed by atoms with van der Waals surface area (Å²) < 4.78 is 5.58. The van der Waals surface area contributed by atoms with Crippen LogP contribution in [0.5, 0.6) is 0 Å². The Labute approximate surface area is 108 Å². The van der Waals surface area contributed by atoms with Crippen LogP contribution in [0, 0.1) is 0 Å². The Balaban J connectivity index is 1.93. The van der Waals surface area contributed by atoms with Gasteiger partial charge in [-0.2, -0.15) is 0 Å². The molecule has 0 bridgehead atoms. The Kier molecular flexibility index (Phi) is 4.48. The summed E-state index contributed by atoms with van der Waals surface area (Å²) in [5.41, 5.74) is 7.11. The quantitative estimate of drug-likeness (QED) is 0.893. The first-order valence-electron chi connectivity index (χ1n) is 6.28. The predicted octanol–water partition coefficient (Wildman–Crippen LogP) is 2.85. The summed E-state index contributed by atoms with van der Waals surface area (Å²) in [6.07, 6.45) is 2.49. The van der Waals surface area contributed by atoms with Gasteiger partial charge in [0.2, 0.25) is 0 Å². The maximum Gasteiger partial charge on any atom is 0.0669 e. The molecule has 17 heavy (non-hydrogen) atoms. The molecule has 1 heterocycles. The molecule has 2 rings (SSSR count). The van der Waals surface area contributed by atoms with Gasteiger partial charge in [0.1, 0.15) is 0 Å².